The van der Waals surface area contributed by atoms with Gasteiger partial charge in [0, 0.05) is 25.8 Å². The van der Waals surface area contributed by atoms with Crippen LogP contribution in [0, 0.1) is 19.8 Å². The summed E-state index contributed by atoms with van der Waals surface area (Å²) in [4.78, 5) is 17.7. The standard InChI is InChI=1S/C32H41N5O5S2/c1-20(2)17-37(44(40,41)25-11-12-26-29(16-25)43-32(34-5)36-26)18-28(38)27(15-23-9-7-6-8-10-23)35-30(39)19-42-31-21(3)13-24(33)14-22(31)4/h6-14,16,20,27-28,38H,15,17-19,33H2,1-5H3,(H,34,36)(H,35,39). The zero-order valence-corrected chi connectivity index (χ0v) is 27.3. The van der Waals surface area contributed by atoms with Gasteiger partial charge in [-0.1, -0.05) is 55.5 Å². The summed E-state index contributed by atoms with van der Waals surface area (Å²) in [6.07, 6.45) is -0.918. The molecule has 4 aromatic rings. The predicted octanol–water partition coefficient (Wildman–Crippen LogP) is 4.35. The van der Waals surface area contributed by atoms with E-state index in [0.717, 1.165) is 21.4 Å². The van der Waals surface area contributed by atoms with Gasteiger partial charge in [-0.25, -0.2) is 13.4 Å². The molecule has 10 nitrogen and oxygen atoms in total. The second-order valence-electron chi connectivity index (χ2n) is 11.3. The summed E-state index contributed by atoms with van der Waals surface area (Å²) < 4.78 is 35.8. The minimum absolute atomic E-state index is 0.0121. The van der Waals surface area contributed by atoms with Gasteiger partial charge in [-0.15, -0.1) is 0 Å². The van der Waals surface area contributed by atoms with Gasteiger partial charge in [0.15, 0.2) is 11.7 Å². The fourth-order valence-corrected chi connectivity index (χ4v) is 7.67. The first-order valence-corrected chi connectivity index (χ1v) is 16.7. The molecule has 1 aromatic heterocycles. The Kier molecular flexibility index (Phi) is 10.8. The molecular weight excluding hydrogens is 599 g/mol. The largest absolute Gasteiger partial charge is 0.483 e. The number of carbonyl (C=O) groups excluding carboxylic acids is 1. The van der Waals surface area contributed by atoms with E-state index in [9.17, 15) is 18.3 Å². The lowest BCUT2D eigenvalue weighted by Gasteiger charge is -2.30. The summed E-state index contributed by atoms with van der Waals surface area (Å²) in [6, 6.07) is 17.0. The number of hydrogen-bond donors (Lipinski definition) is 4. The van der Waals surface area contributed by atoms with Crippen molar-refractivity contribution < 1.29 is 23.1 Å². The van der Waals surface area contributed by atoms with Crippen molar-refractivity contribution in [2.75, 3.05) is 37.8 Å². The number of nitrogen functional groups attached to an aromatic ring is 1. The maximum atomic E-state index is 13.9. The Hall–Kier alpha value is -3.71. The van der Waals surface area contributed by atoms with Crippen molar-refractivity contribution >= 4 is 48.3 Å². The van der Waals surface area contributed by atoms with Gasteiger partial charge < -0.3 is 26.2 Å². The van der Waals surface area contributed by atoms with Crippen LogP contribution in [-0.4, -0.2) is 67.6 Å². The second kappa shape index (κ2) is 14.4. The van der Waals surface area contributed by atoms with Crippen LogP contribution in [0.15, 0.2) is 65.6 Å². The number of nitrogens with zero attached hydrogens (tertiary/aromatic N) is 2. The van der Waals surface area contributed by atoms with E-state index in [0.29, 0.717) is 28.5 Å². The number of benzene rings is 3. The molecule has 0 radical (unpaired) electrons. The van der Waals surface area contributed by atoms with Crippen LogP contribution < -0.4 is 21.1 Å². The second-order valence-corrected chi connectivity index (χ2v) is 14.3. The van der Waals surface area contributed by atoms with E-state index in [1.54, 1.807) is 31.3 Å². The summed E-state index contributed by atoms with van der Waals surface area (Å²) in [6.45, 7) is 7.25. The Morgan fingerprint density at radius 3 is 2.39 bits per heavy atom. The van der Waals surface area contributed by atoms with E-state index >= 15 is 0 Å². The van der Waals surface area contributed by atoms with Crippen molar-refractivity contribution in [3.8, 4) is 5.75 Å². The maximum Gasteiger partial charge on any atom is 0.258 e. The molecule has 4 rings (SSSR count). The third-order valence-corrected chi connectivity index (χ3v) is 9.97. The van der Waals surface area contributed by atoms with Gasteiger partial charge >= 0.3 is 0 Å². The molecule has 44 heavy (non-hydrogen) atoms. The number of amides is 1. The van der Waals surface area contributed by atoms with E-state index in [-0.39, 0.29) is 30.5 Å². The molecule has 0 fully saturated rings. The Bertz CT molecular complexity index is 1670. The number of nitrogens with two attached hydrogens (primary N) is 1. The number of aromatic nitrogens is 1. The lowest BCUT2D eigenvalue weighted by atomic mass is 10.0. The van der Waals surface area contributed by atoms with Crippen molar-refractivity contribution in [3.63, 3.8) is 0 Å². The van der Waals surface area contributed by atoms with Crippen LogP contribution in [0.5, 0.6) is 5.75 Å². The first-order valence-electron chi connectivity index (χ1n) is 14.5. The third-order valence-electron chi connectivity index (χ3n) is 7.11. The average Bonchev–Trinajstić information content (AvgIpc) is 3.39. The minimum atomic E-state index is -3.99. The number of thiazole rings is 1. The fraction of sp³-hybridized carbons (Fsp3) is 0.375. The zero-order chi connectivity index (χ0) is 32.0. The molecule has 0 aliphatic rings. The van der Waals surface area contributed by atoms with E-state index < -0.39 is 28.1 Å². The monoisotopic (exact) mass is 639 g/mol. The van der Waals surface area contributed by atoms with E-state index in [2.05, 4.69) is 15.6 Å². The van der Waals surface area contributed by atoms with Crippen molar-refractivity contribution in [2.45, 2.75) is 51.2 Å². The predicted molar refractivity (Wildman–Crippen MR) is 177 cm³/mol. The number of ether oxygens (including phenoxy) is 1. The topological polar surface area (TPSA) is 147 Å². The molecule has 5 N–H and O–H groups in total. The first kappa shape index (κ1) is 33.2. The van der Waals surface area contributed by atoms with Crippen LogP contribution in [0.4, 0.5) is 10.8 Å². The fourth-order valence-electron chi connectivity index (χ4n) is 5.08. The van der Waals surface area contributed by atoms with Crippen LogP contribution in [0.3, 0.4) is 0 Å². The number of nitrogens with one attached hydrogen (secondary N) is 2. The van der Waals surface area contributed by atoms with Crippen LogP contribution >= 0.6 is 11.3 Å². The Balaban J connectivity index is 1.56. The zero-order valence-electron chi connectivity index (χ0n) is 25.7. The molecule has 0 bridgehead atoms. The van der Waals surface area contributed by atoms with E-state index in [1.807, 2.05) is 58.0 Å². The molecule has 1 heterocycles. The Labute approximate surface area is 263 Å². The summed E-state index contributed by atoms with van der Waals surface area (Å²) >= 11 is 1.37. The van der Waals surface area contributed by atoms with Gasteiger partial charge in [-0.3, -0.25) is 4.79 Å². The first-order chi connectivity index (χ1) is 20.9. The molecule has 2 atom stereocenters. The molecule has 0 saturated heterocycles. The van der Waals surface area contributed by atoms with Gasteiger partial charge in [0.05, 0.1) is 27.3 Å². The summed E-state index contributed by atoms with van der Waals surface area (Å²) in [5.74, 6) is 0.125. The van der Waals surface area contributed by atoms with Crippen molar-refractivity contribution in [3.05, 3.63) is 77.4 Å². The van der Waals surface area contributed by atoms with Gasteiger partial charge in [0.2, 0.25) is 10.0 Å². The van der Waals surface area contributed by atoms with Gasteiger partial charge in [-0.2, -0.15) is 4.31 Å². The number of rotatable bonds is 14. The maximum absolute atomic E-state index is 13.9. The SMILES string of the molecule is CNc1nc2ccc(S(=O)(=O)N(CC(C)C)CC(O)C(Cc3ccccc3)NC(=O)COc3c(C)cc(N)cc3C)cc2s1. The summed E-state index contributed by atoms with van der Waals surface area (Å²) in [7, 11) is -2.23. The molecule has 1 amide bonds. The highest BCUT2D eigenvalue weighted by Crippen LogP contribution is 2.30. The summed E-state index contributed by atoms with van der Waals surface area (Å²) in [5.41, 5.74) is 9.73. The molecule has 3 aromatic carbocycles. The van der Waals surface area contributed by atoms with E-state index in [4.69, 9.17) is 10.5 Å². The smallest absolute Gasteiger partial charge is 0.258 e. The van der Waals surface area contributed by atoms with Crippen molar-refractivity contribution in [1.29, 1.82) is 0 Å². The number of fused-ring (bicyclic) bond motifs is 1. The molecule has 0 aliphatic heterocycles. The van der Waals surface area contributed by atoms with Crippen LogP contribution in [0.25, 0.3) is 10.2 Å². The van der Waals surface area contributed by atoms with E-state index in [1.165, 1.54) is 21.7 Å². The molecular formula is C32H41N5O5S2. The normalized spacial score (nSPS) is 13.3. The molecule has 0 spiro atoms. The highest BCUT2D eigenvalue weighted by Gasteiger charge is 2.32. The number of aryl methyl sites for hydroxylation is 2. The number of aliphatic hydroxyl groups excluding tert-OH is 1. The number of sulfonamides is 1. The highest BCUT2D eigenvalue weighted by molar-refractivity contribution is 7.89. The van der Waals surface area contributed by atoms with Crippen molar-refractivity contribution in [1.82, 2.24) is 14.6 Å². The van der Waals surface area contributed by atoms with Gasteiger partial charge in [0.25, 0.3) is 5.91 Å². The molecule has 12 heteroatoms. The van der Waals surface area contributed by atoms with Crippen molar-refractivity contribution in [2.24, 2.45) is 5.92 Å². The van der Waals surface area contributed by atoms with Crippen LogP contribution in [0.2, 0.25) is 0 Å². The minimum Gasteiger partial charge on any atom is -0.483 e. The molecule has 0 saturated carbocycles. The number of carbonyl (C=O) groups is 1. The molecule has 2 unspecified atom stereocenters. The highest BCUT2D eigenvalue weighted by atomic mass is 32.2. The average molecular weight is 640 g/mol. The lowest BCUT2D eigenvalue weighted by molar-refractivity contribution is -0.124. The van der Waals surface area contributed by atoms with Gasteiger partial charge in [0.1, 0.15) is 5.75 Å². The third kappa shape index (κ3) is 8.26. The Morgan fingerprint density at radius 2 is 1.75 bits per heavy atom. The quantitative estimate of drug-likeness (QED) is 0.149. The Morgan fingerprint density at radius 1 is 1.07 bits per heavy atom. The van der Waals surface area contributed by atoms with Gasteiger partial charge in [-0.05, 0) is 73.2 Å². The molecule has 236 valence electrons. The number of hydrogen-bond acceptors (Lipinski definition) is 9. The lowest BCUT2D eigenvalue weighted by Crippen LogP contribution is -2.52. The molecule has 0 aliphatic carbocycles. The number of anilines is 2. The van der Waals surface area contributed by atoms with Crippen LogP contribution in [0.1, 0.15) is 30.5 Å². The van der Waals surface area contributed by atoms with Crippen LogP contribution in [-0.2, 0) is 21.2 Å². The summed E-state index contributed by atoms with van der Waals surface area (Å²) in [5, 5.41) is 18.1. The number of aliphatic hydroxyl groups is 1.